The third-order valence-corrected chi connectivity index (χ3v) is 2.86. The smallest absolute Gasteiger partial charge is 0.0626 e. The molecule has 1 aromatic rings. The van der Waals surface area contributed by atoms with Crippen molar-refractivity contribution in [2.24, 2.45) is 0 Å². The van der Waals surface area contributed by atoms with Gasteiger partial charge in [-0.2, -0.15) is 0 Å². The van der Waals surface area contributed by atoms with E-state index in [0.29, 0.717) is 0 Å². The largest absolute Gasteiger partial charge is 0.394 e. The monoisotopic (exact) mass is 233 g/mol. The van der Waals surface area contributed by atoms with E-state index in [-0.39, 0.29) is 12.6 Å². The van der Waals surface area contributed by atoms with Crippen LogP contribution in [0, 0.1) is 0 Å². The van der Waals surface area contributed by atoms with Crippen LogP contribution in [-0.4, -0.2) is 18.3 Å². The fourth-order valence-corrected chi connectivity index (χ4v) is 1.84. The van der Waals surface area contributed by atoms with Crippen LogP contribution in [0.25, 0.3) is 0 Å². The Bertz CT molecular complexity index is 297. The standard InChI is InChI=1S/C15H23NO/c1-2-3-4-5-9-12-16-15(13-17)14-10-7-6-8-11-14/h2,6-8,10-11,15-17H,1,3-5,9,12-13H2. The third kappa shape index (κ3) is 5.66. The average Bonchev–Trinajstić information content (AvgIpc) is 2.39. The fraction of sp³-hybridized carbons (Fsp3) is 0.467. The lowest BCUT2D eigenvalue weighted by molar-refractivity contribution is 0.244. The molecule has 2 nitrogen and oxygen atoms in total. The summed E-state index contributed by atoms with van der Waals surface area (Å²) in [6.07, 6.45) is 6.64. The summed E-state index contributed by atoms with van der Waals surface area (Å²) in [7, 11) is 0. The van der Waals surface area contributed by atoms with Gasteiger partial charge in [-0.1, -0.05) is 42.8 Å². The topological polar surface area (TPSA) is 32.3 Å². The first-order chi connectivity index (χ1) is 8.38. The number of unbranched alkanes of at least 4 members (excludes halogenated alkanes) is 3. The van der Waals surface area contributed by atoms with Gasteiger partial charge in [-0.25, -0.2) is 0 Å². The maximum absolute atomic E-state index is 9.34. The molecule has 0 saturated heterocycles. The summed E-state index contributed by atoms with van der Waals surface area (Å²) in [5.41, 5.74) is 1.15. The zero-order chi connectivity index (χ0) is 12.3. The maximum atomic E-state index is 9.34. The van der Waals surface area contributed by atoms with Crippen molar-refractivity contribution in [3.05, 3.63) is 48.6 Å². The van der Waals surface area contributed by atoms with E-state index >= 15 is 0 Å². The Labute approximate surface area is 104 Å². The first-order valence-corrected chi connectivity index (χ1v) is 6.38. The van der Waals surface area contributed by atoms with Crippen molar-refractivity contribution in [1.29, 1.82) is 0 Å². The van der Waals surface area contributed by atoms with Crippen molar-refractivity contribution >= 4 is 0 Å². The summed E-state index contributed by atoms with van der Waals surface area (Å²) in [5.74, 6) is 0. The van der Waals surface area contributed by atoms with Gasteiger partial charge in [0, 0.05) is 0 Å². The third-order valence-electron chi connectivity index (χ3n) is 2.86. The molecular weight excluding hydrogens is 210 g/mol. The Morgan fingerprint density at radius 3 is 2.59 bits per heavy atom. The van der Waals surface area contributed by atoms with Gasteiger partial charge in [-0.15, -0.1) is 6.58 Å². The summed E-state index contributed by atoms with van der Waals surface area (Å²) in [6, 6.07) is 10.2. The Hall–Kier alpha value is -1.12. The number of hydrogen-bond donors (Lipinski definition) is 2. The quantitative estimate of drug-likeness (QED) is 0.507. The Kier molecular flexibility index (Phi) is 7.35. The van der Waals surface area contributed by atoms with Gasteiger partial charge in [0.1, 0.15) is 0 Å². The van der Waals surface area contributed by atoms with Crippen LogP contribution in [0.15, 0.2) is 43.0 Å². The van der Waals surface area contributed by atoms with E-state index in [2.05, 4.69) is 11.9 Å². The van der Waals surface area contributed by atoms with E-state index in [1.807, 2.05) is 36.4 Å². The van der Waals surface area contributed by atoms with Crippen LogP contribution in [-0.2, 0) is 0 Å². The number of aliphatic hydroxyl groups is 1. The molecule has 0 heterocycles. The van der Waals surface area contributed by atoms with E-state index in [1.165, 1.54) is 12.8 Å². The van der Waals surface area contributed by atoms with Gasteiger partial charge in [0.15, 0.2) is 0 Å². The first-order valence-electron chi connectivity index (χ1n) is 6.38. The zero-order valence-electron chi connectivity index (χ0n) is 10.4. The van der Waals surface area contributed by atoms with Crippen LogP contribution in [0.3, 0.4) is 0 Å². The molecule has 2 heteroatoms. The Balaban J connectivity index is 2.22. The number of nitrogens with one attached hydrogen (secondary N) is 1. The normalized spacial score (nSPS) is 12.3. The van der Waals surface area contributed by atoms with Crippen molar-refractivity contribution in [3.8, 4) is 0 Å². The number of hydrogen-bond acceptors (Lipinski definition) is 2. The first kappa shape index (κ1) is 13.9. The van der Waals surface area contributed by atoms with Crippen LogP contribution >= 0.6 is 0 Å². The minimum absolute atomic E-state index is 0.0654. The predicted octanol–water partition coefficient (Wildman–Crippen LogP) is 3.06. The van der Waals surface area contributed by atoms with Crippen LogP contribution in [0.4, 0.5) is 0 Å². The van der Waals surface area contributed by atoms with Crippen LogP contribution in [0.1, 0.15) is 37.3 Å². The van der Waals surface area contributed by atoms with Crippen LogP contribution < -0.4 is 5.32 Å². The van der Waals surface area contributed by atoms with E-state index in [4.69, 9.17) is 0 Å². The highest BCUT2D eigenvalue weighted by molar-refractivity contribution is 5.18. The number of rotatable bonds is 9. The minimum atomic E-state index is 0.0654. The fourth-order valence-electron chi connectivity index (χ4n) is 1.84. The highest BCUT2D eigenvalue weighted by Gasteiger charge is 2.07. The molecule has 0 aliphatic rings. The number of allylic oxidation sites excluding steroid dienone is 1. The molecule has 0 spiro atoms. The summed E-state index contributed by atoms with van der Waals surface area (Å²) in [6.45, 7) is 4.82. The molecule has 0 aliphatic carbocycles. The summed E-state index contributed by atoms with van der Waals surface area (Å²) >= 11 is 0. The van der Waals surface area contributed by atoms with Crippen molar-refractivity contribution < 1.29 is 5.11 Å². The lowest BCUT2D eigenvalue weighted by Gasteiger charge is -2.16. The molecule has 94 valence electrons. The molecule has 17 heavy (non-hydrogen) atoms. The lowest BCUT2D eigenvalue weighted by Crippen LogP contribution is -2.25. The van der Waals surface area contributed by atoms with Crippen molar-refractivity contribution in [3.63, 3.8) is 0 Å². The SMILES string of the molecule is C=CCCCCCNC(CO)c1ccccc1. The Morgan fingerprint density at radius 2 is 1.94 bits per heavy atom. The molecular formula is C15H23NO. The van der Waals surface area contributed by atoms with E-state index in [9.17, 15) is 5.11 Å². The van der Waals surface area contributed by atoms with Crippen molar-refractivity contribution in [1.82, 2.24) is 5.32 Å². The molecule has 1 atom stereocenters. The predicted molar refractivity (Wildman–Crippen MR) is 72.9 cm³/mol. The van der Waals surface area contributed by atoms with Gasteiger partial charge in [-0.05, 0) is 31.4 Å². The minimum Gasteiger partial charge on any atom is -0.394 e. The Morgan fingerprint density at radius 1 is 1.18 bits per heavy atom. The van der Waals surface area contributed by atoms with Gasteiger partial charge in [0.2, 0.25) is 0 Å². The lowest BCUT2D eigenvalue weighted by atomic mass is 10.1. The molecule has 0 radical (unpaired) electrons. The molecule has 1 aromatic carbocycles. The molecule has 1 unspecified atom stereocenters. The second kappa shape index (κ2) is 8.97. The number of aliphatic hydroxyl groups excluding tert-OH is 1. The molecule has 2 N–H and O–H groups in total. The molecule has 1 rings (SSSR count). The van der Waals surface area contributed by atoms with Gasteiger partial charge < -0.3 is 10.4 Å². The van der Waals surface area contributed by atoms with Gasteiger partial charge in [0.05, 0.1) is 12.6 Å². The van der Waals surface area contributed by atoms with Crippen LogP contribution in [0.5, 0.6) is 0 Å². The summed E-state index contributed by atoms with van der Waals surface area (Å²) in [5, 5.41) is 12.7. The van der Waals surface area contributed by atoms with E-state index < -0.39 is 0 Å². The van der Waals surface area contributed by atoms with Gasteiger partial charge >= 0.3 is 0 Å². The molecule has 0 aromatic heterocycles. The molecule has 0 saturated carbocycles. The molecule has 0 bridgehead atoms. The van der Waals surface area contributed by atoms with Crippen molar-refractivity contribution in [2.75, 3.05) is 13.2 Å². The van der Waals surface area contributed by atoms with E-state index in [0.717, 1.165) is 24.9 Å². The van der Waals surface area contributed by atoms with Gasteiger partial charge in [-0.3, -0.25) is 0 Å². The highest BCUT2D eigenvalue weighted by atomic mass is 16.3. The molecule has 0 amide bonds. The van der Waals surface area contributed by atoms with Crippen LogP contribution in [0.2, 0.25) is 0 Å². The zero-order valence-corrected chi connectivity index (χ0v) is 10.4. The van der Waals surface area contributed by atoms with Gasteiger partial charge in [0.25, 0.3) is 0 Å². The van der Waals surface area contributed by atoms with Crippen molar-refractivity contribution in [2.45, 2.75) is 31.7 Å². The molecule has 0 fully saturated rings. The second-order valence-electron chi connectivity index (χ2n) is 4.24. The number of benzene rings is 1. The maximum Gasteiger partial charge on any atom is 0.0626 e. The van der Waals surface area contributed by atoms with E-state index in [1.54, 1.807) is 0 Å². The molecule has 0 aliphatic heterocycles. The second-order valence-corrected chi connectivity index (χ2v) is 4.24. The highest BCUT2D eigenvalue weighted by Crippen LogP contribution is 2.11. The summed E-state index contributed by atoms with van der Waals surface area (Å²) in [4.78, 5) is 0. The summed E-state index contributed by atoms with van der Waals surface area (Å²) < 4.78 is 0. The average molecular weight is 233 g/mol.